The van der Waals surface area contributed by atoms with Crippen molar-refractivity contribution in [1.29, 1.82) is 0 Å². The first kappa shape index (κ1) is 14.5. The van der Waals surface area contributed by atoms with E-state index in [9.17, 15) is 4.39 Å². The van der Waals surface area contributed by atoms with Crippen molar-refractivity contribution in [3.8, 4) is 0 Å². The molecule has 0 aliphatic carbocycles. The summed E-state index contributed by atoms with van der Waals surface area (Å²) in [6, 6.07) is 13.3. The Kier molecular flexibility index (Phi) is 5.00. The van der Waals surface area contributed by atoms with Gasteiger partial charge in [-0.3, -0.25) is 0 Å². The largest absolute Gasteiger partial charge is 0.207 e. The van der Waals surface area contributed by atoms with Crippen molar-refractivity contribution in [3.63, 3.8) is 0 Å². The van der Waals surface area contributed by atoms with Gasteiger partial charge in [-0.25, -0.2) is 4.39 Å². The molecule has 0 spiro atoms. The van der Waals surface area contributed by atoms with Crippen LogP contribution in [0.3, 0.4) is 0 Å². The lowest BCUT2D eigenvalue weighted by atomic mass is 9.93. The second kappa shape index (κ2) is 6.53. The second-order valence-corrected chi connectivity index (χ2v) is 5.97. The number of rotatable bonds is 4. The first-order chi connectivity index (χ1) is 9.08. The van der Waals surface area contributed by atoms with Gasteiger partial charge in [-0.1, -0.05) is 45.8 Å². The third-order valence-corrected chi connectivity index (χ3v) is 3.97. The molecule has 0 saturated carbocycles. The van der Waals surface area contributed by atoms with Crippen LogP contribution in [0.5, 0.6) is 0 Å². The van der Waals surface area contributed by atoms with Crippen molar-refractivity contribution >= 4 is 27.5 Å². The van der Waals surface area contributed by atoms with Crippen LogP contribution in [0.1, 0.15) is 22.6 Å². The highest BCUT2D eigenvalue weighted by Gasteiger charge is 2.12. The molecule has 2 aromatic carbocycles. The summed E-state index contributed by atoms with van der Waals surface area (Å²) in [6.45, 7) is 2.06. The summed E-state index contributed by atoms with van der Waals surface area (Å²) in [5.41, 5.74) is 3.38. The fraction of sp³-hybridized carbons (Fsp3) is 0.250. The third kappa shape index (κ3) is 4.05. The summed E-state index contributed by atoms with van der Waals surface area (Å²) in [7, 11) is 0. The van der Waals surface area contributed by atoms with E-state index in [4.69, 9.17) is 11.6 Å². The smallest absolute Gasteiger partial charge is 0.124 e. The standard InChI is InChI=1S/C16H15BrClF/c1-11-2-4-13(5-3-11)14(10-18)6-12-7-15(17)9-16(19)8-12/h2-5,7-9,14H,6,10H2,1H3. The summed E-state index contributed by atoms with van der Waals surface area (Å²) >= 11 is 9.38. The molecule has 3 heteroatoms. The topological polar surface area (TPSA) is 0 Å². The lowest BCUT2D eigenvalue weighted by molar-refractivity contribution is 0.622. The molecule has 1 atom stereocenters. The van der Waals surface area contributed by atoms with Gasteiger partial charge in [0, 0.05) is 16.3 Å². The number of aryl methyl sites for hydroxylation is 1. The van der Waals surface area contributed by atoms with Gasteiger partial charge in [-0.15, -0.1) is 11.6 Å². The average Bonchev–Trinajstić information content (AvgIpc) is 2.36. The molecular formula is C16H15BrClF. The number of benzene rings is 2. The zero-order chi connectivity index (χ0) is 13.8. The summed E-state index contributed by atoms with van der Waals surface area (Å²) in [6.07, 6.45) is 0.739. The van der Waals surface area contributed by atoms with E-state index >= 15 is 0 Å². The Morgan fingerprint density at radius 2 is 1.84 bits per heavy atom. The summed E-state index contributed by atoms with van der Waals surface area (Å²) in [5, 5.41) is 0. The van der Waals surface area contributed by atoms with Crippen molar-refractivity contribution in [3.05, 3.63) is 69.4 Å². The fourth-order valence-corrected chi connectivity index (χ4v) is 2.91. The van der Waals surface area contributed by atoms with Crippen LogP contribution in [0.4, 0.5) is 4.39 Å². The molecule has 2 aromatic rings. The molecule has 0 aliphatic heterocycles. The highest BCUT2D eigenvalue weighted by atomic mass is 79.9. The van der Waals surface area contributed by atoms with Gasteiger partial charge in [-0.05, 0) is 42.7 Å². The molecule has 0 N–H and O–H groups in total. The lowest BCUT2D eigenvalue weighted by Crippen LogP contribution is -2.05. The molecule has 19 heavy (non-hydrogen) atoms. The van der Waals surface area contributed by atoms with E-state index in [1.807, 2.05) is 6.07 Å². The molecular weight excluding hydrogens is 327 g/mol. The third-order valence-electron chi connectivity index (χ3n) is 3.14. The van der Waals surface area contributed by atoms with Crippen LogP contribution in [0, 0.1) is 12.7 Å². The van der Waals surface area contributed by atoms with E-state index in [0.717, 1.165) is 16.5 Å². The molecule has 0 saturated heterocycles. The first-order valence-corrected chi connectivity index (χ1v) is 7.48. The molecule has 0 aromatic heterocycles. The van der Waals surface area contributed by atoms with Gasteiger partial charge < -0.3 is 0 Å². The van der Waals surface area contributed by atoms with E-state index in [-0.39, 0.29) is 11.7 Å². The first-order valence-electron chi connectivity index (χ1n) is 6.16. The van der Waals surface area contributed by atoms with Gasteiger partial charge in [-0.2, -0.15) is 0 Å². The monoisotopic (exact) mass is 340 g/mol. The maximum Gasteiger partial charge on any atom is 0.124 e. The molecule has 0 heterocycles. The predicted molar refractivity (Wildman–Crippen MR) is 82.4 cm³/mol. The predicted octanol–water partition coefficient (Wildman–Crippen LogP) is 5.46. The molecule has 100 valence electrons. The highest BCUT2D eigenvalue weighted by Crippen LogP contribution is 2.25. The van der Waals surface area contributed by atoms with Crippen LogP contribution in [0.2, 0.25) is 0 Å². The number of halogens is 3. The van der Waals surface area contributed by atoms with Crippen LogP contribution in [-0.2, 0) is 6.42 Å². The van der Waals surface area contributed by atoms with Crippen LogP contribution in [0.15, 0.2) is 46.9 Å². The Labute approximate surface area is 126 Å². The number of alkyl halides is 1. The Balaban J connectivity index is 2.21. The van der Waals surface area contributed by atoms with Crippen molar-refractivity contribution in [1.82, 2.24) is 0 Å². The highest BCUT2D eigenvalue weighted by molar-refractivity contribution is 9.10. The number of hydrogen-bond acceptors (Lipinski definition) is 0. The van der Waals surface area contributed by atoms with Gasteiger partial charge in [0.1, 0.15) is 5.82 Å². The molecule has 0 nitrogen and oxygen atoms in total. The van der Waals surface area contributed by atoms with Crippen molar-refractivity contribution in [2.24, 2.45) is 0 Å². The number of hydrogen-bond donors (Lipinski definition) is 0. The van der Waals surface area contributed by atoms with Crippen LogP contribution in [-0.4, -0.2) is 5.88 Å². The van der Waals surface area contributed by atoms with Crippen molar-refractivity contribution in [2.75, 3.05) is 5.88 Å². The van der Waals surface area contributed by atoms with Gasteiger partial charge in [0.15, 0.2) is 0 Å². The fourth-order valence-electron chi connectivity index (χ4n) is 2.11. The molecule has 0 amide bonds. The molecule has 0 bridgehead atoms. The quantitative estimate of drug-likeness (QED) is 0.648. The Hall–Kier alpha value is -0.860. The maximum absolute atomic E-state index is 13.4. The summed E-state index contributed by atoms with van der Waals surface area (Å²) in [4.78, 5) is 0. The molecule has 0 fully saturated rings. The van der Waals surface area contributed by atoms with Crippen LogP contribution >= 0.6 is 27.5 Å². The van der Waals surface area contributed by atoms with Gasteiger partial charge >= 0.3 is 0 Å². The minimum absolute atomic E-state index is 0.205. The maximum atomic E-state index is 13.4. The normalized spacial score (nSPS) is 12.4. The zero-order valence-corrected chi connectivity index (χ0v) is 13.0. The van der Waals surface area contributed by atoms with E-state index in [1.54, 1.807) is 6.07 Å². The van der Waals surface area contributed by atoms with Gasteiger partial charge in [0.2, 0.25) is 0 Å². The van der Waals surface area contributed by atoms with Gasteiger partial charge in [0.05, 0.1) is 0 Å². The van der Waals surface area contributed by atoms with E-state index in [2.05, 4.69) is 47.1 Å². The second-order valence-electron chi connectivity index (χ2n) is 4.74. The zero-order valence-electron chi connectivity index (χ0n) is 10.7. The van der Waals surface area contributed by atoms with Crippen LogP contribution in [0.25, 0.3) is 0 Å². The van der Waals surface area contributed by atoms with Crippen molar-refractivity contribution < 1.29 is 4.39 Å². The Morgan fingerprint density at radius 3 is 2.42 bits per heavy atom. The van der Waals surface area contributed by atoms with Crippen LogP contribution < -0.4 is 0 Å². The molecule has 0 aliphatic rings. The molecule has 1 unspecified atom stereocenters. The summed E-state index contributed by atoms with van der Waals surface area (Å²) < 4.78 is 14.1. The SMILES string of the molecule is Cc1ccc(C(CCl)Cc2cc(F)cc(Br)c2)cc1. The summed E-state index contributed by atoms with van der Waals surface area (Å²) in [5.74, 6) is 0.509. The van der Waals surface area contributed by atoms with Crippen molar-refractivity contribution in [2.45, 2.75) is 19.3 Å². The van der Waals surface area contributed by atoms with E-state index < -0.39 is 0 Å². The molecule has 0 radical (unpaired) electrons. The van der Waals surface area contributed by atoms with E-state index in [1.165, 1.54) is 17.2 Å². The minimum atomic E-state index is -0.221. The lowest BCUT2D eigenvalue weighted by Gasteiger charge is -2.15. The van der Waals surface area contributed by atoms with Gasteiger partial charge in [0.25, 0.3) is 0 Å². The van der Waals surface area contributed by atoms with E-state index in [0.29, 0.717) is 5.88 Å². The minimum Gasteiger partial charge on any atom is -0.207 e. The Bertz CT molecular complexity index is 531. The Morgan fingerprint density at radius 1 is 1.16 bits per heavy atom. The molecule has 2 rings (SSSR count). The average molecular weight is 342 g/mol.